The molecule has 1 heterocycles. The van der Waals surface area contributed by atoms with Crippen LogP contribution in [0.1, 0.15) is 23.7 Å². The molecule has 0 radical (unpaired) electrons. The van der Waals surface area contributed by atoms with E-state index in [0.29, 0.717) is 0 Å². The zero-order valence-electron chi connectivity index (χ0n) is 12.1. The summed E-state index contributed by atoms with van der Waals surface area (Å²) in [6.45, 7) is 7.88. The number of carbonyl (C=O) groups is 1. The number of hydrogen-bond acceptors (Lipinski definition) is 4. The quantitative estimate of drug-likeness (QED) is 0.861. The maximum Gasteiger partial charge on any atom is 0.237 e. The van der Waals surface area contributed by atoms with Gasteiger partial charge in [0.1, 0.15) is 0 Å². The van der Waals surface area contributed by atoms with Gasteiger partial charge in [-0.05, 0) is 44.9 Å². The lowest BCUT2D eigenvalue weighted by atomic mass is 10.1. The molecule has 20 heavy (non-hydrogen) atoms. The van der Waals surface area contributed by atoms with Crippen LogP contribution in [0.15, 0.2) is 27.9 Å². The molecule has 0 aliphatic carbocycles. The predicted molar refractivity (Wildman–Crippen MR) is 86.7 cm³/mol. The Balaban J connectivity index is 2.02. The van der Waals surface area contributed by atoms with Crippen molar-refractivity contribution in [3.05, 3.63) is 40.4 Å². The van der Waals surface area contributed by atoms with Gasteiger partial charge in [0.05, 0.1) is 5.25 Å². The standard InChI is InChI=1S/C15H18N2OS2/c1-9-5-6-10(2)13(7-9)17-14(18)12(4)20-15-16-11(3)8-19-15/h5-8,12H,1-4H3,(H,17,18). The summed E-state index contributed by atoms with van der Waals surface area (Å²) in [6.07, 6.45) is 0. The Morgan fingerprint density at radius 3 is 2.75 bits per heavy atom. The van der Waals surface area contributed by atoms with Gasteiger partial charge in [-0.3, -0.25) is 4.79 Å². The summed E-state index contributed by atoms with van der Waals surface area (Å²) in [5.41, 5.74) is 4.10. The number of aromatic nitrogens is 1. The summed E-state index contributed by atoms with van der Waals surface area (Å²) in [6, 6.07) is 6.06. The Morgan fingerprint density at radius 2 is 2.10 bits per heavy atom. The number of hydrogen-bond donors (Lipinski definition) is 1. The van der Waals surface area contributed by atoms with E-state index >= 15 is 0 Å². The molecule has 1 aromatic heterocycles. The molecular formula is C15H18N2OS2. The third-order valence-electron chi connectivity index (χ3n) is 2.90. The fourth-order valence-electron chi connectivity index (χ4n) is 1.70. The third-order valence-corrected chi connectivity index (χ3v) is 5.09. The van der Waals surface area contributed by atoms with Crippen molar-refractivity contribution in [2.24, 2.45) is 0 Å². The third kappa shape index (κ3) is 3.84. The molecule has 106 valence electrons. The average Bonchev–Trinajstić information content (AvgIpc) is 2.79. The van der Waals surface area contributed by atoms with Gasteiger partial charge in [0.25, 0.3) is 0 Å². The summed E-state index contributed by atoms with van der Waals surface area (Å²) < 4.78 is 0.936. The van der Waals surface area contributed by atoms with Crippen LogP contribution in [0.2, 0.25) is 0 Å². The Labute approximate surface area is 127 Å². The molecule has 2 rings (SSSR count). The number of carbonyl (C=O) groups excluding carboxylic acids is 1. The van der Waals surface area contributed by atoms with Crippen molar-refractivity contribution in [3.63, 3.8) is 0 Å². The minimum absolute atomic E-state index is 0.0107. The van der Waals surface area contributed by atoms with E-state index in [0.717, 1.165) is 26.8 Å². The molecule has 1 N–H and O–H groups in total. The smallest absolute Gasteiger partial charge is 0.237 e. The minimum atomic E-state index is -0.166. The molecule has 1 atom stereocenters. The summed E-state index contributed by atoms with van der Waals surface area (Å²) in [5.74, 6) is 0.0107. The van der Waals surface area contributed by atoms with E-state index < -0.39 is 0 Å². The van der Waals surface area contributed by atoms with Gasteiger partial charge in [-0.15, -0.1) is 11.3 Å². The highest BCUT2D eigenvalue weighted by atomic mass is 32.2. The molecule has 0 aliphatic heterocycles. The Kier molecular flexibility index (Phi) is 4.83. The van der Waals surface area contributed by atoms with Crippen molar-refractivity contribution in [2.75, 3.05) is 5.32 Å². The zero-order valence-corrected chi connectivity index (χ0v) is 13.7. The maximum atomic E-state index is 12.2. The minimum Gasteiger partial charge on any atom is -0.325 e. The van der Waals surface area contributed by atoms with E-state index in [2.05, 4.69) is 10.3 Å². The maximum absolute atomic E-state index is 12.2. The molecule has 0 spiro atoms. The van der Waals surface area contributed by atoms with E-state index in [1.807, 2.05) is 51.3 Å². The average molecular weight is 306 g/mol. The first-order valence-corrected chi connectivity index (χ1v) is 8.18. The number of amides is 1. The van der Waals surface area contributed by atoms with Crippen molar-refractivity contribution in [2.45, 2.75) is 37.3 Å². The number of nitrogens with one attached hydrogen (secondary N) is 1. The second-order valence-electron chi connectivity index (χ2n) is 4.82. The molecule has 1 unspecified atom stereocenters. The van der Waals surface area contributed by atoms with E-state index in [-0.39, 0.29) is 11.2 Å². The number of thiazole rings is 1. The highest BCUT2D eigenvalue weighted by Crippen LogP contribution is 2.27. The lowest BCUT2D eigenvalue weighted by Crippen LogP contribution is -2.22. The number of nitrogens with zero attached hydrogens (tertiary/aromatic N) is 1. The van der Waals surface area contributed by atoms with Crippen molar-refractivity contribution in [1.82, 2.24) is 4.98 Å². The van der Waals surface area contributed by atoms with Gasteiger partial charge < -0.3 is 5.32 Å². The van der Waals surface area contributed by atoms with Gasteiger partial charge in [0.15, 0.2) is 4.34 Å². The van der Waals surface area contributed by atoms with Crippen LogP contribution < -0.4 is 5.32 Å². The SMILES string of the molecule is Cc1ccc(C)c(NC(=O)C(C)Sc2nc(C)cs2)c1. The van der Waals surface area contributed by atoms with Crippen LogP contribution in [0.5, 0.6) is 0 Å². The van der Waals surface area contributed by atoms with Gasteiger partial charge >= 0.3 is 0 Å². The number of aryl methyl sites for hydroxylation is 3. The van der Waals surface area contributed by atoms with Crippen LogP contribution >= 0.6 is 23.1 Å². The van der Waals surface area contributed by atoms with Crippen LogP contribution in [-0.2, 0) is 4.79 Å². The van der Waals surface area contributed by atoms with Crippen LogP contribution in [0, 0.1) is 20.8 Å². The van der Waals surface area contributed by atoms with Crippen molar-refractivity contribution in [1.29, 1.82) is 0 Å². The molecule has 0 saturated carbocycles. The van der Waals surface area contributed by atoms with E-state index in [4.69, 9.17) is 0 Å². The van der Waals surface area contributed by atoms with Gasteiger partial charge in [-0.1, -0.05) is 23.9 Å². The topological polar surface area (TPSA) is 42.0 Å². The first kappa shape index (κ1) is 15.1. The first-order valence-electron chi connectivity index (χ1n) is 6.42. The van der Waals surface area contributed by atoms with Crippen LogP contribution in [0.3, 0.4) is 0 Å². The zero-order chi connectivity index (χ0) is 14.7. The highest BCUT2D eigenvalue weighted by molar-refractivity contribution is 8.02. The predicted octanol–water partition coefficient (Wildman–Crippen LogP) is 4.19. The molecule has 0 saturated heterocycles. The van der Waals surface area contributed by atoms with Gasteiger partial charge in [0, 0.05) is 16.8 Å². The highest BCUT2D eigenvalue weighted by Gasteiger charge is 2.17. The van der Waals surface area contributed by atoms with Gasteiger partial charge in [0.2, 0.25) is 5.91 Å². The van der Waals surface area contributed by atoms with Gasteiger partial charge in [-0.2, -0.15) is 0 Å². The second-order valence-corrected chi connectivity index (χ2v) is 7.27. The molecule has 2 aromatic rings. The normalized spacial score (nSPS) is 12.2. The van der Waals surface area contributed by atoms with Gasteiger partial charge in [-0.25, -0.2) is 4.98 Å². The number of thioether (sulfide) groups is 1. The van der Waals surface area contributed by atoms with E-state index in [1.54, 1.807) is 11.3 Å². The fraction of sp³-hybridized carbons (Fsp3) is 0.333. The summed E-state index contributed by atoms with van der Waals surface area (Å²) in [7, 11) is 0. The lowest BCUT2D eigenvalue weighted by Gasteiger charge is -2.13. The van der Waals surface area contributed by atoms with E-state index in [9.17, 15) is 4.79 Å². The van der Waals surface area contributed by atoms with E-state index in [1.165, 1.54) is 11.8 Å². The molecule has 0 aliphatic rings. The largest absolute Gasteiger partial charge is 0.325 e. The Hall–Kier alpha value is -1.33. The van der Waals surface area contributed by atoms with Crippen molar-refractivity contribution < 1.29 is 4.79 Å². The molecule has 1 amide bonds. The summed E-state index contributed by atoms with van der Waals surface area (Å²) in [5, 5.41) is 4.83. The monoisotopic (exact) mass is 306 g/mol. The molecule has 5 heteroatoms. The lowest BCUT2D eigenvalue weighted by molar-refractivity contribution is -0.115. The van der Waals surface area contributed by atoms with Crippen LogP contribution in [-0.4, -0.2) is 16.1 Å². The molecule has 1 aromatic carbocycles. The van der Waals surface area contributed by atoms with Crippen LogP contribution in [0.25, 0.3) is 0 Å². The molecular weight excluding hydrogens is 288 g/mol. The molecule has 3 nitrogen and oxygen atoms in total. The second kappa shape index (κ2) is 6.41. The molecule has 0 fully saturated rings. The number of rotatable bonds is 4. The van der Waals surface area contributed by atoms with Crippen LogP contribution in [0.4, 0.5) is 5.69 Å². The first-order chi connectivity index (χ1) is 9.45. The number of benzene rings is 1. The summed E-state index contributed by atoms with van der Waals surface area (Å²) >= 11 is 3.08. The van der Waals surface area contributed by atoms with Crippen molar-refractivity contribution in [3.8, 4) is 0 Å². The van der Waals surface area contributed by atoms with Crippen molar-refractivity contribution >= 4 is 34.7 Å². The molecule has 0 bridgehead atoms. The Morgan fingerprint density at radius 1 is 1.35 bits per heavy atom. The Bertz CT molecular complexity index is 622. The fourth-order valence-corrected chi connectivity index (χ4v) is 3.68. The number of anilines is 1. The summed E-state index contributed by atoms with van der Waals surface area (Å²) in [4.78, 5) is 16.6.